The predicted molar refractivity (Wildman–Crippen MR) is 77.3 cm³/mol. The summed E-state index contributed by atoms with van der Waals surface area (Å²) in [5.41, 5.74) is 8.13. The fourth-order valence-corrected chi connectivity index (χ4v) is 2.47. The van der Waals surface area contributed by atoms with E-state index in [9.17, 15) is 5.11 Å². The molecule has 19 heavy (non-hydrogen) atoms. The van der Waals surface area contributed by atoms with E-state index >= 15 is 0 Å². The minimum atomic E-state index is -0.465. The van der Waals surface area contributed by atoms with Crippen molar-refractivity contribution in [1.29, 1.82) is 0 Å². The first kappa shape index (κ1) is 14.3. The molecular weight excluding hydrogens is 285 g/mol. The zero-order valence-corrected chi connectivity index (χ0v) is 12.0. The number of aliphatic hydroxyl groups excluding tert-OH is 1. The highest BCUT2D eigenvalue weighted by Crippen LogP contribution is 2.31. The molecule has 3 N–H and O–H groups in total. The molecule has 1 aromatic heterocycles. The van der Waals surface area contributed by atoms with Gasteiger partial charge in [0.15, 0.2) is 0 Å². The van der Waals surface area contributed by atoms with Gasteiger partial charge < -0.3 is 15.4 Å². The lowest BCUT2D eigenvalue weighted by Gasteiger charge is -2.10. The van der Waals surface area contributed by atoms with Gasteiger partial charge in [0.25, 0.3) is 0 Å². The monoisotopic (exact) mass is 299 g/mol. The van der Waals surface area contributed by atoms with Gasteiger partial charge in [-0.1, -0.05) is 23.2 Å². The summed E-state index contributed by atoms with van der Waals surface area (Å²) in [5.74, 6) is 0. The number of aliphatic hydroxyl groups is 1. The molecule has 0 radical (unpaired) electrons. The van der Waals surface area contributed by atoms with Crippen LogP contribution >= 0.6 is 23.2 Å². The molecule has 102 valence electrons. The van der Waals surface area contributed by atoms with E-state index < -0.39 is 6.10 Å². The maximum absolute atomic E-state index is 9.46. The van der Waals surface area contributed by atoms with Crippen molar-refractivity contribution in [2.45, 2.75) is 26.1 Å². The average molecular weight is 300 g/mol. The lowest BCUT2D eigenvalue weighted by molar-refractivity contribution is 0.172. The summed E-state index contributed by atoms with van der Waals surface area (Å²) in [6, 6.07) is 5.25. The molecule has 2 rings (SSSR count). The Morgan fingerprint density at radius 3 is 2.74 bits per heavy atom. The molecule has 1 heterocycles. The molecule has 4 nitrogen and oxygen atoms in total. The average Bonchev–Trinajstić information content (AvgIpc) is 2.71. The summed E-state index contributed by atoms with van der Waals surface area (Å²) in [7, 11) is 0. The maximum Gasteiger partial charge on any atom is 0.0957 e. The molecule has 0 fully saturated rings. The van der Waals surface area contributed by atoms with Crippen LogP contribution in [0.2, 0.25) is 10.0 Å². The van der Waals surface area contributed by atoms with Crippen molar-refractivity contribution in [3.8, 4) is 11.3 Å². The summed E-state index contributed by atoms with van der Waals surface area (Å²) < 4.78 is 1.84. The molecule has 0 saturated carbocycles. The van der Waals surface area contributed by atoms with Crippen molar-refractivity contribution in [2.75, 3.05) is 0 Å². The molecule has 0 aliphatic heterocycles. The van der Waals surface area contributed by atoms with E-state index in [1.165, 1.54) is 0 Å². The third-order valence-electron chi connectivity index (χ3n) is 2.79. The van der Waals surface area contributed by atoms with Crippen LogP contribution in [0.25, 0.3) is 11.3 Å². The molecule has 0 amide bonds. The molecule has 1 unspecified atom stereocenters. The molecule has 0 aliphatic carbocycles. The first-order valence-electron chi connectivity index (χ1n) is 5.90. The van der Waals surface area contributed by atoms with Crippen LogP contribution in [0.3, 0.4) is 0 Å². The summed E-state index contributed by atoms with van der Waals surface area (Å²) >= 11 is 12.1. The van der Waals surface area contributed by atoms with Crippen molar-refractivity contribution in [2.24, 2.45) is 5.73 Å². The Kier molecular flexibility index (Phi) is 4.47. The van der Waals surface area contributed by atoms with Gasteiger partial charge in [0.1, 0.15) is 0 Å². The second kappa shape index (κ2) is 5.92. The van der Waals surface area contributed by atoms with Gasteiger partial charge in [-0.05, 0) is 25.1 Å². The van der Waals surface area contributed by atoms with Gasteiger partial charge in [0, 0.05) is 23.7 Å². The highest BCUT2D eigenvalue weighted by Gasteiger charge is 2.15. The smallest absolute Gasteiger partial charge is 0.0957 e. The number of hydrogen-bond acceptors (Lipinski definition) is 3. The number of imidazole rings is 1. The third kappa shape index (κ3) is 3.09. The SMILES string of the molecule is CC(O)Cn1cnc(-c2ccc(Cl)cc2Cl)c1CN. The minimum absolute atomic E-state index is 0.320. The Bertz CT molecular complexity index is 581. The topological polar surface area (TPSA) is 64.1 Å². The van der Waals surface area contributed by atoms with Gasteiger partial charge in [-0.2, -0.15) is 0 Å². The molecule has 6 heteroatoms. The normalized spacial score (nSPS) is 12.7. The summed E-state index contributed by atoms with van der Waals surface area (Å²) in [5, 5.41) is 10.6. The molecule has 0 saturated heterocycles. The van der Waals surface area contributed by atoms with Crippen LogP contribution in [0.5, 0.6) is 0 Å². The Morgan fingerprint density at radius 2 is 2.16 bits per heavy atom. The molecule has 2 aromatic rings. The van der Waals surface area contributed by atoms with Crippen LogP contribution < -0.4 is 5.73 Å². The standard InChI is InChI=1S/C13H15Cl2N3O/c1-8(19)6-18-7-17-13(12(18)5-16)10-3-2-9(14)4-11(10)15/h2-4,7-8,19H,5-6,16H2,1H3. The highest BCUT2D eigenvalue weighted by atomic mass is 35.5. The van der Waals surface area contributed by atoms with Crippen molar-refractivity contribution in [3.63, 3.8) is 0 Å². The second-order valence-electron chi connectivity index (χ2n) is 4.37. The van der Waals surface area contributed by atoms with Gasteiger partial charge in [-0.15, -0.1) is 0 Å². The highest BCUT2D eigenvalue weighted by molar-refractivity contribution is 6.36. The first-order valence-corrected chi connectivity index (χ1v) is 6.66. The van der Waals surface area contributed by atoms with Crippen molar-refractivity contribution in [3.05, 3.63) is 40.3 Å². The summed E-state index contributed by atoms with van der Waals surface area (Å²) in [4.78, 5) is 4.35. The van der Waals surface area contributed by atoms with E-state index in [0.717, 1.165) is 17.0 Å². The van der Waals surface area contributed by atoms with Crippen molar-refractivity contribution in [1.82, 2.24) is 9.55 Å². The number of benzene rings is 1. The zero-order valence-electron chi connectivity index (χ0n) is 10.5. The zero-order chi connectivity index (χ0) is 14.0. The number of rotatable bonds is 4. The van der Waals surface area contributed by atoms with E-state index in [4.69, 9.17) is 28.9 Å². The Labute approximate surface area is 121 Å². The first-order chi connectivity index (χ1) is 9.02. The molecule has 0 bridgehead atoms. The Morgan fingerprint density at radius 1 is 1.42 bits per heavy atom. The number of nitrogens with two attached hydrogens (primary N) is 1. The van der Waals surface area contributed by atoms with E-state index in [1.54, 1.807) is 25.4 Å². The van der Waals surface area contributed by atoms with E-state index in [2.05, 4.69) is 4.98 Å². The number of aromatic nitrogens is 2. The number of hydrogen-bond donors (Lipinski definition) is 2. The fraction of sp³-hybridized carbons (Fsp3) is 0.308. The van der Waals surface area contributed by atoms with Gasteiger partial charge in [-0.3, -0.25) is 0 Å². The number of nitrogens with zero attached hydrogens (tertiary/aromatic N) is 2. The fourth-order valence-electron chi connectivity index (χ4n) is 1.97. The lowest BCUT2D eigenvalue weighted by Crippen LogP contribution is -2.15. The van der Waals surface area contributed by atoms with Crippen LogP contribution in [-0.4, -0.2) is 20.8 Å². The molecule has 0 aliphatic rings. The largest absolute Gasteiger partial charge is 0.392 e. The second-order valence-corrected chi connectivity index (χ2v) is 5.21. The third-order valence-corrected chi connectivity index (χ3v) is 3.33. The lowest BCUT2D eigenvalue weighted by atomic mass is 10.1. The van der Waals surface area contributed by atoms with Gasteiger partial charge in [0.2, 0.25) is 0 Å². The summed E-state index contributed by atoms with van der Waals surface area (Å²) in [6.07, 6.45) is 1.20. The van der Waals surface area contributed by atoms with Crippen LogP contribution in [0, 0.1) is 0 Å². The van der Waals surface area contributed by atoms with Crippen LogP contribution in [-0.2, 0) is 13.1 Å². The summed E-state index contributed by atoms with van der Waals surface area (Å²) in [6.45, 7) is 2.49. The maximum atomic E-state index is 9.46. The molecular formula is C13H15Cl2N3O. The van der Waals surface area contributed by atoms with Crippen LogP contribution in [0.1, 0.15) is 12.6 Å². The van der Waals surface area contributed by atoms with Crippen molar-refractivity contribution < 1.29 is 5.11 Å². The van der Waals surface area contributed by atoms with Gasteiger partial charge >= 0.3 is 0 Å². The molecule has 1 aromatic carbocycles. The number of halogens is 2. The predicted octanol–water partition coefficient (Wildman–Crippen LogP) is 2.70. The van der Waals surface area contributed by atoms with E-state index in [1.807, 2.05) is 10.6 Å². The van der Waals surface area contributed by atoms with Crippen molar-refractivity contribution >= 4 is 23.2 Å². The van der Waals surface area contributed by atoms with Crippen LogP contribution in [0.15, 0.2) is 24.5 Å². The van der Waals surface area contributed by atoms with Crippen LogP contribution in [0.4, 0.5) is 0 Å². The van der Waals surface area contributed by atoms with E-state index in [-0.39, 0.29) is 0 Å². The van der Waals surface area contributed by atoms with Gasteiger partial charge in [0.05, 0.1) is 28.8 Å². The quantitative estimate of drug-likeness (QED) is 0.912. The van der Waals surface area contributed by atoms with Gasteiger partial charge in [-0.25, -0.2) is 4.98 Å². The Balaban J connectivity index is 2.47. The molecule has 0 spiro atoms. The Hall–Kier alpha value is -1.07. The van der Waals surface area contributed by atoms with E-state index in [0.29, 0.717) is 23.1 Å². The molecule has 1 atom stereocenters. The minimum Gasteiger partial charge on any atom is -0.392 e.